The zero-order valence-corrected chi connectivity index (χ0v) is 12.1. The van der Waals surface area contributed by atoms with Crippen molar-refractivity contribution >= 4 is 5.91 Å². The summed E-state index contributed by atoms with van der Waals surface area (Å²) in [6, 6.07) is 10.3. The minimum absolute atomic E-state index is 0.0514. The van der Waals surface area contributed by atoms with Crippen molar-refractivity contribution in [3.05, 3.63) is 35.9 Å². The monoisotopic (exact) mass is 260 g/mol. The summed E-state index contributed by atoms with van der Waals surface area (Å²) in [5.74, 6) is 0.0514. The molecule has 1 aliphatic rings. The summed E-state index contributed by atoms with van der Waals surface area (Å²) in [5.41, 5.74) is 6.30. The van der Waals surface area contributed by atoms with E-state index >= 15 is 0 Å². The molecule has 3 unspecified atom stereocenters. The van der Waals surface area contributed by atoms with Crippen molar-refractivity contribution in [2.45, 2.75) is 57.7 Å². The Morgan fingerprint density at radius 1 is 1.37 bits per heavy atom. The van der Waals surface area contributed by atoms with Crippen LogP contribution in [-0.2, 0) is 10.3 Å². The highest BCUT2D eigenvalue weighted by Gasteiger charge is 2.41. The average molecular weight is 260 g/mol. The molecule has 3 atom stereocenters. The number of hydrogen-bond donors (Lipinski definition) is 1. The van der Waals surface area contributed by atoms with Crippen LogP contribution in [0.3, 0.4) is 0 Å². The summed E-state index contributed by atoms with van der Waals surface area (Å²) in [4.78, 5) is 14.9. The summed E-state index contributed by atoms with van der Waals surface area (Å²) in [6.07, 6.45) is 3.17. The molecule has 1 aromatic rings. The molecule has 0 aliphatic carbocycles. The maximum Gasteiger partial charge on any atom is 0.247 e. The summed E-state index contributed by atoms with van der Waals surface area (Å²) in [5, 5.41) is 0. The van der Waals surface area contributed by atoms with E-state index in [4.69, 9.17) is 5.73 Å². The second-order valence-corrected chi connectivity index (χ2v) is 5.77. The van der Waals surface area contributed by atoms with Gasteiger partial charge < -0.3 is 10.6 Å². The van der Waals surface area contributed by atoms with E-state index in [1.54, 1.807) is 0 Å². The van der Waals surface area contributed by atoms with Gasteiger partial charge in [-0.1, -0.05) is 37.3 Å². The Morgan fingerprint density at radius 2 is 2.00 bits per heavy atom. The summed E-state index contributed by atoms with van der Waals surface area (Å²) < 4.78 is 0. The van der Waals surface area contributed by atoms with Crippen LogP contribution < -0.4 is 5.73 Å². The molecule has 3 nitrogen and oxygen atoms in total. The number of nitrogens with zero attached hydrogens (tertiary/aromatic N) is 1. The zero-order chi connectivity index (χ0) is 14.0. The van der Waals surface area contributed by atoms with Gasteiger partial charge in [0.15, 0.2) is 0 Å². The van der Waals surface area contributed by atoms with Crippen molar-refractivity contribution in [3.8, 4) is 0 Å². The Hall–Kier alpha value is -1.35. The Kier molecular flexibility index (Phi) is 3.95. The predicted molar refractivity (Wildman–Crippen MR) is 77.6 cm³/mol. The highest BCUT2D eigenvalue weighted by Crippen LogP contribution is 2.31. The van der Waals surface area contributed by atoms with Gasteiger partial charge in [-0.15, -0.1) is 0 Å². The standard InChI is InChI=1S/C16H24N2O/c1-4-14-11-10-12(2)18(14)15(19)16(3,17)13-8-6-5-7-9-13/h5-9,12,14H,4,10-11,17H2,1-3H3. The van der Waals surface area contributed by atoms with E-state index in [9.17, 15) is 4.79 Å². The maximum absolute atomic E-state index is 12.8. The maximum atomic E-state index is 12.8. The van der Waals surface area contributed by atoms with Gasteiger partial charge >= 0.3 is 0 Å². The lowest BCUT2D eigenvalue weighted by molar-refractivity contribution is -0.139. The number of likely N-dealkylation sites (tertiary alicyclic amines) is 1. The second-order valence-electron chi connectivity index (χ2n) is 5.77. The highest BCUT2D eigenvalue weighted by atomic mass is 16.2. The molecule has 104 valence electrons. The minimum atomic E-state index is -0.937. The van der Waals surface area contributed by atoms with Crippen LogP contribution >= 0.6 is 0 Å². The molecule has 1 fully saturated rings. The number of amides is 1. The quantitative estimate of drug-likeness (QED) is 0.908. The van der Waals surface area contributed by atoms with E-state index in [2.05, 4.69) is 13.8 Å². The largest absolute Gasteiger partial charge is 0.335 e. The van der Waals surface area contributed by atoms with E-state index in [1.807, 2.05) is 42.2 Å². The van der Waals surface area contributed by atoms with Gasteiger partial charge in [-0.3, -0.25) is 4.79 Å². The lowest BCUT2D eigenvalue weighted by Gasteiger charge is -2.35. The molecule has 1 aliphatic heterocycles. The van der Waals surface area contributed by atoms with E-state index in [0.29, 0.717) is 12.1 Å². The van der Waals surface area contributed by atoms with Gasteiger partial charge in [-0.2, -0.15) is 0 Å². The fraction of sp³-hybridized carbons (Fsp3) is 0.562. The minimum Gasteiger partial charge on any atom is -0.335 e. The SMILES string of the molecule is CCC1CCC(C)N1C(=O)C(C)(N)c1ccccc1. The van der Waals surface area contributed by atoms with E-state index in [1.165, 1.54) is 0 Å². The third-order valence-electron chi connectivity index (χ3n) is 4.31. The van der Waals surface area contributed by atoms with Gasteiger partial charge in [-0.05, 0) is 38.7 Å². The molecule has 0 bridgehead atoms. The van der Waals surface area contributed by atoms with Gasteiger partial charge in [0.2, 0.25) is 5.91 Å². The van der Waals surface area contributed by atoms with Crippen molar-refractivity contribution in [1.29, 1.82) is 0 Å². The fourth-order valence-corrected chi connectivity index (χ4v) is 3.01. The first-order valence-electron chi connectivity index (χ1n) is 7.15. The van der Waals surface area contributed by atoms with Gasteiger partial charge in [0.1, 0.15) is 5.54 Å². The normalized spacial score (nSPS) is 26.2. The van der Waals surface area contributed by atoms with Crippen LogP contribution in [0.25, 0.3) is 0 Å². The number of benzene rings is 1. The van der Waals surface area contributed by atoms with Crippen LogP contribution in [0.2, 0.25) is 0 Å². The molecule has 3 heteroatoms. The molecule has 1 aromatic carbocycles. The molecule has 2 N–H and O–H groups in total. The Balaban J connectivity index is 2.27. The van der Waals surface area contributed by atoms with Gasteiger partial charge in [0.25, 0.3) is 0 Å². The molecule has 0 aromatic heterocycles. The van der Waals surface area contributed by atoms with Crippen LogP contribution in [0.4, 0.5) is 0 Å². The lowest BCUT2D eigenvalue weighted by Crippen LogP contribution is -2.54. The zero-order valence-electron chi connectivity index (χ0n) is 12.1. The molecule has 19 heavy (non-hydrogen) atoms. The molecule has 2 rings (SSSR count). The van der Waals surface area contributed by atoms with Crippen molar-refractivity contribution < 1.29 is 4.79 Å². The number of hydrogen-bond acceptors (Lipinski definition) is 2. The third-order valence-corrected chi connectivity index (χ3v) is 4.31. The lowest BCUT2D eigenvalue weighted by atomic mass is 9.91. The Labute approximate surface area is 115 Å². The van der Waals surface area contributed by atoms with Gasteiger partial charge in [0.05, 0.1) is 0 Å². The van der Waals surface area contributed by atoms with Crippen LogP contribution in [0.15, 0.2) is 30.3 Å². The molecule has 0 radical (unpaired) electrons. The highest BCUT2D eigenvalue weighted by molar-refractivity contribution is 5.87. The van der Waals surface area contributed by atoms with Crippen LogP contribution in [0.1, 0.15) is 45.6 Å². The number of carbonyl (C=O) groups is 1. The number of rotatable bonds is 3. The predicted octanol–water partition coefficient (Wildman–Crippen LogP) is 2.65. The van der Waals surface area contributed by atoms with Gasteiger partial charge in [-0.25, -0.2) is 0 Å². The fourth-order valence-electron chi connectivity index (χ4n) is 3.01. The first kappa shape index (κ1) is 14.1. The third kappa shape index (κ3) is 2.52. The van der Waals surface area contributed by atoms with Crippen LogP contribution in [0, 0.1) is 0 Å². The second kappa shape index (κ2) is 5.33. The molecular formula is C16H24N2O. The van der Waals surface area contributed by atoms with Crippen LogP contribution in [-0.4, -0.2) is 22.9 Å². The van der Waals surface area contributed by atoms with E-state index in [-0.39, 0.29) is 5.91 Å². The topological polar surface area (TPSA) is 46.3 Å². The average Bonchev–Trinajstić information content (AvgIpc) is 2.79. The van der Waals surface area contributed by atoms with Gasteiger partial charge in [0, 0.05) is 12.1 Å². The molecule has 1 saturated heterocycles. The van der Waals surface area contributed by atoms with Crippen molar-refractivity contribution in [2.24, 2.45) is 5.73 Å². The molecule has 1 amide bonds. The molecule has 0 saturated carbocycles. The Bertz CT molecular complexity index is 441. The molecular weight excluding hydrogens is 236 g/mol. The first-order valence-corrected chi connectivity index (χ1v) is 7.15. The summed E-state index contributed by atoms with van der Waals surface area (Å²) >= 11 is 0. The summed E-state index contributed by atoms with van der Waals surface area (Å²) in [7, 11) is 0. The van der Waals surface area contributed by atoms with E-state index in [0.717, 1.165) is 24.8 Å². The van der Waals surface area contributed by atoms with E-state index < -0.39 is 5.54 Å². The molecule has 1 heterocycles. The van der Waals surface area contributed by atoms with Crippen molar-refractivity contribution in [1.82, 2.24) is 4.90 Å². The van der Waals surface area contributed by atoms with Crippen molar-refractivity contribution in [2.75, 3.05) is 0 Å². The Morgan fingerprint density at radius 3 is 2.58 bits per heavy atom. The van der Waals surface area contributed by atoms with Crippen LogP contribution in [0.5, 0.6) is 0 Å². The first-order chi connectivity index (χ1) is 8.98. The number of nitrogens with two attached hydrogens (primary N) is 1. The molecule has 0 spiro atoms. The summed E-state index contributed by atoms with van der Waals surface area (Å²) in [6.45, 7) is 6.08. The van der Waals surface area contributed by atoms with Crippen molar-refractivity contribution in [3.63, 3.8) is 0 Å². The number of carbonyl (C=O) groups excluding carboxylic acids is 1. The smallest absolute Gasteiger partial charge is 0.247 e.